The Hall–Kier alpha value is -3.76. The monoisotopic (exact) mass is 485 g/mol. The molecule has 0 radical (unpaired) electrons. The zero-order chi connectivity index (χ0) is 25.3. The average molecular weight is 486 g/mol. The van der Waals surface area contributed by atoms with Crippen LogP contribution in [-0.2, 0) is 22.7 Å². The van der Waals surface area contributed by atoms with Crippen LogP contribution in [0.1, 0.15) is 53.5 Å². The molecule has 2 aromatic rings. The van der Waals surface area contributed by atoms with Gasteiger partial charge in [-0.3, -0.25) is 23.7 Å². The number of nitrogens with zero attached hydrogens (tertiary/aromatic N) is 3. The number of hydrogen-bond donors (Lipinski definition) is 3. The fraction of sp³-hybridized carbons (Fsp3) is 0.458. The molecule has 3 aliphatic rings. The largest absolute Gasteiger partial charge is 0.501 e. The third-order valence-corrected chi connectivity index (χ3v) is 6.64. The molecule has 0 spiro atoms. The number of carbonyl (C=O) groups excluding carboxylic acids is 3. The molecule has 1 aromatic carbocycles. The first-order valence-electron chi connectivity index (χ1n) is 11.5. The molecule has 1 aromatic heterocycles. The summed E-state index contributed by atoms with van der Waals surface area (Å²) in [5.74, 6) is -2.52. The molecule has 10 nitrogen and oxygen atoms in total. The molecule has 11 heteroatoms. The number of benzene rings is 1. The van der Waals surface area contributed by atoms with E-state index in [4.69, 9.17) is 0 Å². The molecule has 3 amide bonds. The molecular formula is C24H28FN5O5. The van der Waals surface area contributed by atoms with E-state index in [2.05, 4.69) is 15.6 Å². The van der Waals surface area contributed by atoms with Gasteiger partial charge in [0.15, 0.2) is 5.69 Å². The lowest BCUT2D eigenvalue weighted by Gasteiger charge is -2.32. The Labute approximate surface area is 201 Å². The summed E-state index contributed by atoms with van der Waals surface area (Å²) >= 11 is 0. The molecule has 35 heavy (non-hydrogen) atoms. The Morgan fingerprint density at radius 1 is 1.20 bits per heavy atom. The van der Waals surface area contributed by atoms with E-state index >= 15 is 0 Å². The third-order valence-electron chi connectivity index (χ3n) is 6.64. The Balaban J connectivity index is 1.58. The quantitative estimate of drug-likeness (QED) is 0.520. The van der Waals surface area contributed by atoms with Crippen LogP contribution in [-0.4, -0.2) is 57.4 Å². The van der Waals surface area contributed by atoms with Crippen LogP contribution in [0.3, 0.4) is 0 Å². The fourth-order valence-corrected chi connectivity index (χ4v) is 4.75. The zero-order valence-electron chi connectivity index (χ0n) is 19.6. The van der Waals surface area contributed by atoms with E-state index in [0.717, 1.165) is 6.42 Å². The van der Waals surface area contributed by atoms with Crippen LogP contribution in [0.2, 0.25) is 0 Å². The van der Waals surface area contributed by atoms with Gasteiger partial charge in [-0.25, -0.2) is 9.37 Å². The zero-order valence-corrected chi connectivity index (χ0v) is 19.6. The van der Waals surface area contributed by atoms with Gasteiger partial charge in [0.2, 0.25) is 17.6 Å². The van der Waals surface area contributed by atoms with Crippen molar-refractivity contribution in [2.75, 3.05) is 14.1 Å². The first kappa shape index (κ1) is 24.4. The molecule has 1 fully saturated rings. The fourth-order valence-electron chi connectivity index (χ4n) is 4.75. The minimum absolute atomic E-state index is 0.0583. The smallest absolute Gasteiger partial charge is 0.296 e. The van der Waals surface area contributed by atoms with Crippen molar-refractivity contribution in [3.63, 3.8) is 0 Å². The highest BCUT2D eigenvalue weighted by Crippen LogP contribution is 2.40. The Morgan fingerprint density at radius 2 is 1.91 bits per heavy atom. The minimum atomic E-state index is -0.733. The van der Waals surface area contributed by atoms with E-state index in [0.29, 0.717) is 30.8 Å². The summed E-state index contributed by atoms with van der Waals surface area (Å²) in [6, 6.07) is 5.21. The number of aromatic nitrogens is 2. The Morgan fingerprint density at radius 3 is 2.60 bits per heavy atom. The second kappa shape index (κ2) is 9.85. The van der Waals surface area contributed by atoms with Gasteiger partial charge >= 0.3 is 0 Å². The van der Waals surface area contributed by atoms with Gasteiger partial charge in [-0.2, -0.15) is 0 Å². The molecule has 1 aliphatic carbocycles. The first-order chi connectivity index (χ1) is 16.6. The maximum absolute atomic E-state index is 13.1. The highest BCUT2D eigenvalue weighted by atomic mass is 19.1. The van der Waals surface area contributed by atoms with E-state index in [-0.39, 0.29) is 42.4 Å². The summed E-state index contributed by atoms with van der Waals surface area (Å²) < 4.78 is 14.5. The van der Waals surface area contributed by atoms with Gasteiger partial charge in [-0.05, 0) is 42.9 Å². The first-order valence-corrected chi connectivity index (χ1v) is 11.5. The van der Waals surface area contributed by atoms with Crippen molar-refractivity contribution in [2.24, 2.45) is 5.92 Å². The van der Waals surface area contributed by atoms with Crippen molar-refractivity contribution < 1.29 is 23.9 Å². The summed E-state index contributed by atoms with van der Waals surface area (Å²) in [5, 5.41) is 16.0. The molecule has 2 aliphatic heterocycles. The van der Waals surface area contributed by atoms with Gasteiger partial charge in [0, 0.05) is 39.1 Å². The van der Waals surface area contributed by atoms with Crippen LogP contribution >= 0.6 is 0 Å². The predicted octanol–water partition coefficient (Wildman–Crippen LogP) is 0.878. The Kier molecular flexibility index (Phi) is 6.86. The van der Waals surface area contributed by atoms with Crippen LogP contribution in [0.5, 0.6) is 5.75 Å². The van der Waals surface area contributed by atoms with Crippen LogP contribution in [0, 0.1) is 11.7 Å². The molecule has 3 heterocycles. The number of fused-ring (bicyclic) bond motifs is 2. The van der Waals surface area contributed by atoms with Crippen molar-refractivity contribution >= 4 is 17.7 Å². The van der Waals surface area contributed by atoms with Gasteiger partial charge in [0.25, 0.3) is 11.5 Å². The maximum atomic E-state index is 13.1. The third kappa shape index (κ3) is 5.18. The highest BCUT2D eigenvalue weighted by Gasteiger charge is 2.40. The van der Waals surface area contributed by atoms with Crippen molar-refractivity contribution in [1.29, 1.82) is 0 Å². The topological polar surface area (TPSA) is 134 Å². The van der Waals surface area contributed by atoms with Crippen LogP contribution in [0.25, 0.3) is 0 Å². The lowest BCUT2D eigenvalue weighted by molar-refractivity contribution is -0.134. The summed E-state index contributed by atoms with van der Waals surface area (Å²) in [5.41, 5.74) is -0.449. The number of hydrogen-bond acceptors (Lipinski definition) is 6. The summed E-state index contributed by atoms with van der Waals surface area (Å²) in [6.45, 7) is 0.383. The van der Waals surface area contributed by atoms with E-state index in [9.17, 15) is 28.7 Å². The van der Waals surface area contributed by atoms with Crippen molar-refractivity contribution in [2.45, 2.75) is 50.7 Å². The van der Waals surface area contributed by atoms with Gasteiger partial charge in [0.05, 0.1) is 0 Å². The highest BCUT2D eigenvalue weighted by molar-refractivity contribution is 5.97. The minimum Gasteiger partial charge on any atom is -0.501 e. The molecule has 3 unspecified atom stereocenters. The second-order valence-electron chi connectivity index (χ2n) is 9.32. The molecule has 2 bridgehead atoms. The van der Waals surface area contributed by atoms with Gasteiger partial charge < -0.3 is 20.6 Å². The van der Waals surface area contributed by atoms with Crippen LogP contribution in [0.15, 0.2) is 29.1 Å². The lowest BCUT2D eigenvalue weighted by atomic mass is 9.79. The number of amides is 3. The second-order valence-corrected chi connectivity index (χ2v) is 9.32. The molecule has 3 atom stereocenters. The predicted molar refractivity (Wildman–Crippen MR) is 123 cm³/mol. The number of nitrogens with one attached hydrogen (secondary N) is 2. The molecule has 5 rings (SSSR count). The number of carbonyl (C=O) groups is 3. The standard InChI is InChI=1S/C24H28FN5O5/c1-29(2)19(32)10-18(31)27-17-9-14-5-8-16(17)22-28-20(21(33)24(35)30(22)12-14)23(34)26-11-13-3-6-15(25)7-4-13/h3-4,6-7,14,16-17,33H,5,8-12H2,1-2H3,(H,26,34)(H,27,31). The van der Waals surface area contributed by atoms with Crippen molar-refractivity contribution in [1.82, 2.24) is 25.1 Å². The van der Waals surface area contributed by atoms with E-state index < -0.39 is 28.9 Å². The Bertz CT molecular complexity index is 1210. The van der Waals surface area contributed by atoms with Crippen LogP contribution in [0.4, 0.5) is 4.39 Å². The number of halogens is 1. The summed E-state index contributed by atoms with van der Waals surface area (Å²) in [4.78, 5) is 55.9. The molecule has 0 saturated heterocycles. The summed E-state index contributed by atoms with van der Waals surface area (Å²) in [6.07, 6.45) is 1.77. The van der Waals surface area contributed by atoms with E-state index in [1.54, 1.807) is 14.1 Å². The number of rotatable bonds is 6. The SMILES string of the molecule is CN(C)C(=O)CC(=O)NC1CC2CCC1c1nc(C(=O)NCc3ccc(F)cc3)c(O)c(=O)n1C2. The van der Waals surface area contributed by atoms with Crippen molar-refractivity contribution in [3.05, 3.63) is 57.5 Å². The summed E-state index contributed by atoms with van der Waals surface area (Å²) in [7, 11) is 3.15. The van der Waals surface area contributed by atoms with Gasteiger partial charge in [-0.15, -0.1) is 0 Å². The van der Waals surface area contributed by atoms with E-state index in [1.165, 1.54) is 33.7 Å². The lowest BCUT2D eigenvalue weighted by Crippen LogP contribution is -2.44. The van der Waals surface area contributed by atoms with Crippen molar-refractivity contribution in [3.8, 4) is 5.75 Å². The molecular weight excluding hydrogens is 457 g/mol. The normalized spacial score (nSPS) is 20.5. The van der Waals surface area contributed by atoms with Crippen LogP contribution < -0.4 is 16.2 Å². The molecule has 186 valence electrons. The number of aromatic hydroxyl groups is 1. The van der Waals surface area contributed by atoms with E-state index in [1.807, 2.05) is 0 Å². The van der Waals surface area contributed by atoms with Gasteiger partial charge in [0.1, 0.15) is 18.1 Å². The molecule has 3 N–H and O–H groups in total. The van der Waals surface area contributed by atoms with Gasteiger partial charge in [-0.1, -0.05) is 12.1 Å². The average Bonchev–Trinajstić information content (AvgIpc) is 3.08. The molecule has 1 saturated carbocycles. The maximum Gasteiger partial charge on any atom is 0.296 e.